The fourth-order valence-electron chi connectivity index (χ4n) is 2.84. The van der Waals surface area contributed by atoms with Gasteiger partial charge in [0.25, 0.3) is 0 Å². The van der Waals surface area contributed by atoms with Gasteiger partial charge in [0.05, 0.1) is 5.52 Å². The number of aromatic nitrogens is 4. The first kappa shape index (κ1) is 16.2. The number of hydrogen-bond donors (Lipinski definition) is 3. The van der Waals surface area contributed by atoms with Crippen molar-refractivity contribution in [3.63, 3.8) is 0 Å². The van der Waals surface area contributed by atoms with E-state index < -0.39 is 0 Å². The normalized spacial score (nSPS) is 11.3. The quantitative estimate of drug-likeness (QED) is 0.607. The minimum atomic E-state index is -0.213. The summed E-state index contributed by atoms with van der Waals surface area (Å²) in [5.74, 6) is 0.700. The molecule has 2 heterocycles. The van der Waals surface area contributed by atoms with E-state index in [4.69, 9.17) is 0 Å². The molecule has 0 aliphatic carbocycles. The van der Waals surface area contributed by atoms with Crippen LogP contribution in [0.1, 0.15) is 22.6 Å². The van der Waals surface area contributed by atoms with Gasteiger partial charge in [0.15, 0.2) is 5.43 Å². The first-order valence-electron chi connectivity index (χ1n) is 7.90. The maximum atomic E-state index is 12.4. The van der Waals surface area contributed by atoms with E-state index in [0.717, 1.165) is 27.7 Å². The van der Waals surface area contributed by atoms with Crippen LogP contribution in [-0.2, 0) is 20.0 Å². The molecule has 0 radical (unpaired) electrons. The molecule has 1 aromatic carbocycles. The van der Waals surface area contributed by atoms with Gasteiger partial charge in [-0.3, -0.25) is 9.36 Å². The molecule has 126 valence electrons. The minimum absolute atomic E-state index is 0.0384. The topological polar surface area (TPSA) is 95.6 Å². The zero-order chi connectivity index (χ0) is 17.3. The van der Waals surface area contributed by atoms with Crippen LogP contribution in [0.4, 0.5) is 0 Å². The van der Waals surface area contributed by atoms with E-state index in [0.29, 0.717) is 25.3 Å². The summed E-state index contributed by atoms with van der Waals surface area (Å²) >= 11 is 0. The van der Waals surface area contributed by atoms with Crippen LogP contribution in [0, 0.1) is 13.8 Å². The lowest BCUT2D eigenvalue weighted by molar-refractivity contribution is 0.644. The Labute approximate surface area is 138 Å². The molecule has 0 aliphatic heterocycles. The first-order chi connectivity index (χ1) is 11.5. The maximum Gasteiger partial charge on any atom is 0.343 e. The van der Waals surface area contributed by atoms with Crippen molar-refractivity contribution in [2.75, 3.05) is 6.54 Å². The number of nitrogens with zero attached hydrogens (tertiary/aromatic N) is 2. The Balaban J connectivity index is 1.72. The zero-order valence-electron chi connectivity index (χ0n) is 14.1. The van der Waals surface area contributed by atoms with E-state index in [9.17, 15) is 9.59 Å². The summed E-state index contributed by atoms with van der Waals surface area (Å²) in [6, 6.07) is 5.63. The Kier molecular flexibility index (Phi) is 4.35. The molecule has 0 saturated carbocycles. The van der Waals surface area contributed by atoms with Gasteiger partial charge in [-0.05, 0) is 25.0 Å². The molecular formula is C17H21N5O2. The number of aryl methyl sites for hydroxylation is 2. The third kappa shape index (κ3) is 3.03. The van der Waals surface area contributed by atoms with Gasteiger partial charge in [-0.1, -0.05) is 12.1 Å². The van der Waals surface area contributed by atoms with Crippen LogP contribution in [0.5, 0.6) is 0 Å². The Morgan fingerprint density at radius 2 is 1.96 bits per heavy atom. The summed E-state index contributed by atoms with van der Waals surface area (Å²) < 4.78 is 1.49. The number of rotatable bonds is 5. The van der Waals surface area contributed by atoms with Crippen molar-refractivity contribution in [2.24, 2.45) is 7.05 Å². The molecule has 3 aromatic rings. The molecular weight excluding hydrogens is 306 g/mol. The van der Waals surface area contributed by atoms with E-state index in [1.807, 2.05) is 26.0 Å². The molecule has 24 heavy (non-hydrogen) atoms. The largest absolute Gasteiger partial charge is 0.357 e. The average molecular weight is 327 g/mol. The lowest BCUT2D eigenvalue weighted by Crippen LogP contribution is -2.21. The number of pyridine rings is 1. The molecule has 0 saturated heterocycles. The summed E-state index contributed by atoms with van der Waals surface area (Å²) in [5, 5.41) is 10.4. The second kappa shape index (κ2) is 6.45. The Hall–Kier alpha value is -2.67. The lowest BCUT2D eigenvalue weighted by Gasteiger charge is -2.09. The van der Waals surface area contributed by atoms with Crippen LogP contribution in [0.25, 0.3) is 10.9 Å². The molecule has 0 atom stereocenters. The van der Waals surface area contributed by atoms with E-state index in [2.05, 4.69) is 20.5 Å². The second-order valence-corrected chi connectivity index (χ2v) is 6.04. The SMILES string of the molecule is Cc1ccc(C)c2c(=O)cc(CNCCc3n[nH]c(=O)n3C)[nH]c12. The number of H-pyrrole nitrogens is 2. The molecule has 0 fully saturated rings. The van der Waals surface area contributed by atoms with Gasteiger partial charge >= 0.3 is 5.69 Å². The van der Waals surface area contributed by atoms with Crippen molar-refractivity contribution >= 4 is 10.9 Å². The summed E-state index contributed by atoms with van der Waals surface area (Å²) in [4.78, 5) is 27.0. The minimum Gasteiger partial charge on any atom is -0.357 e. The fourth-order valence-corrected chi connectivity index (χ4v) is 2.84. The Morgan fingerprint density at radius 3 is 2.67 bits per heavy atom. The van der Waals surface area contributed by atoms with Gasteiger partial charge in [0.2, 0.25) is 0 Å². The van der Waals surface area contributed by atoms with Crippen molar-refractivity contribution in [3.05, 3.63) is 61.6 Å². The fraction of sp³-hybridized carbons (Fsp3) is 0.353. The van der Waals surface area contributed by atoms with Crippen molar-refractivity contribution in [3.8, 4) is 0 Å². The van der Waals surface area contributed by atoms with Gasteiger partial charge in [-0.2, -0.15) is 5.10 Å². The van der Waals surface area contributed by atoms with Crippen LogP contribution in [0.15, 0.2) is 27.8 Å². The first-order valence-corrected chi connectivity index (χ1v) is 7.90. The second-order valence-electron chi connectivity index (χ2n) is 6.04. The van der Waals surface area contributed by atoms with Crippen LogP contribution >= 0.6 is 0 Å². The number of hydrogen-bond acceptors (Lipinski definition) is 4. The molecule has 0 unspecified atom stereocenters. The number of benzene rings is 1. The Morgan fingerprint density at radius 1 is 1.21 bits per heavy atom. The highest BCUT2D eigenvalue weighted by molar-refractivity contribution is 5.84. The average Bonchev–Trinajstić information content (AvgIpc) is 2.87. The third-order valence-corrected chi connectivity index (χ3v) is 4.27. The van der Waals surface area contributed by atoms with Crippen molar-refractivity contribution in [1.82, 2.24) is 25.1 Å². The molecule has 0 aliphatic rings. The zero-order valence-corrected chi connectivity index (χ0v) is 14.1. The summed E-state index contributed by atoms with van der Waals surface area (Å²) in [6.07, 6.45) is 0.630. The van der Waals surface area contributed by atoms with Gasteiger partial charge in [-0.15, -0.1) is 0 Å². The highest BCUT2D eigenvalue weighted by Crippen LogP contribution is 2.17. The highest BCUT2D eigenvalue weighted by atomic mass is 16.1. The molecule has 7 nitrogen and oxygen atoms in total. The molecule has 3 rings (SSSR count). The van der Waals surface area contributed by atoms with Crippen molar-refractivity contribution in [1.29, 1.82) is 0 Å². The van der Waals surface area contributed by atoms with Crippen LogP contribution < -0.4 is 16.4 Å². The molecule has 2 aromatic heterocycles. The standard InChI is InChI=1S/C17H21N5O2/c1-10-4-5-11(2)16-15(10)13(23)8-12(19-16)9-18-7-6-14-20-21-17(24)22(14)3/h4-5,8,18H,6-7,9H2,1-3H3,(H,19,23)(H,21,24). The van der Waals surface area contributed by atoms with E-state index in [1.165, 1.54) is 4.57 Å². The highest BCUT2D eigenvalue weighted by Gasteiger charge is 2.08. The summed E-state index contributed by atoms with van der Waals surface area (Å²) in [7, 11) is 1.69. The molecule has 0 bridgehead atoms. The van der Waals surface area contributed by atoms with Crippen LogP contribution in [0.2, 0.25) is 0 Å². The maximum absolute atomic E-state index is 12.4. The van der Waals surface area contributed by atoms with Gasteiger partial charge in [0.1, 0.15) is 5.82 Å². The van der Waals surface area contributed by atoms with Gasteiger partial charge < -0.3 is 10.3 Å². The van der Waals surface area contributed by atoms with Crippen LogP contribution in [-0.4, -0.2) is 26.3 Å². The predicted molar refractivity (Wildman–Crippen MR) is 93.3 cm³/mol. The summed E-state index contributed by atoms with van der Waals surface area (Å²) in [5.41, 5.74) is 3.61. The molecule has 3 N–H and O–H groups in total. The third-order valence-electron chi connectivity index (χ3n) is 4.27. The molecule has 0 spiro atoms. The van der Waals surface area contributed by atoms with E-state index >= 15 is 0 Å². The monoisotopic (exact) mass is 327 g/mol. The lowest BCUT2D eigenvalue weighted by atomic mass is 10.0. The number of fused-ring (bicyclic) bond motifs is 1. The number of nitrogens with one attached hydrogen (secondary N) is 3. The molecule has 0 amide bonds. The van der Waals surface area contributed by atoms with Crippen molar-refractivity contribution in [2.45, 2.75) is 26.8 Å². The van der Waals surface area contributed by atoms with E-state index in [1.54, 1.807) is 13.1 Å². The number of aromatic amines is 2. The van der Waals surface area contributed by atoms with E-state index in [-0.39, 0.29) is 11.1 Å². The van der Waals surface area contributed by atoms with Gasteiger partial charge in [0, 0.05) is 43.7 Å². The predicted octanol–water partition coefficient (Wildman–Crippen LogP) is 0.899. The summed E-state index contributed by atoms with van der Waals surface area (Å²) in [6.45, 7) is 5.15. The van der Waals surface area contributed by atoms with Crippen LogP contribution in [0.3, 0.4) is 0 Å². The Bertz CT molecular complexity index is 996. The van der Waals surface area contributed by atoms with Crippen molar-refractivity contribution < 1.29 is 0 Å². The molecule has 7 heteroatoms. The van der Waals surface area contributed by atoms with Gasteiger partial charge in [-0.25, -0.2) is 9.89 Å². The smallest absolute Gasteiger partial charge is 0.343 e.